The molecule has 0 aliphatic carbocycles. The standard InChI is InChI=1S/C18H24BrN3O2/c1-12(2)8-21(9-13(3)4)17(23)10-22-11-20-16-6-5-14(19)7-15(16)18(22)24/h5-7,11-13H,8-10H2,1-4H3. The van der Waals surface area contributed by atoms with Gasteiger partial charge in [0, 0.05) is 17.6 Å². The summed E-state index contributed by atoms with van der Waals surface area (Å²) in [5, 5.41) is 0.513. The zero-order valence-corrected chi connectivity index (χ0v) is 16.2. The molecule has 130 valence electrons. The van der Waals surface area contributed by atoms with Gasteiger partial charge in [0.15, 0.2) is 0 Å². The van der Waals surface area contributed by atoms with Crippen LogP contribution in [0.1, 0.15) is 27.7 Å². The molecule has 1 aromatic carbocycles. The van der Waals surface area contributed by atoms with Gasteiger partial charge in [-0.1, -0.05) is 43.6 Å². The number of benzene rings is 1. The van der Waals surface area contributed by atoms with Crippen molar-refractivity contribution in [3.05, 3.63) is 39.4 Å². The first-order valence-electron chi connectivity index (χ1n) is 8.20. The molecule has 0 spiro atoms. The van der Waals surface area contributed by atoms with Crippen LogP contribution in [0.25, 0.3) is 10.9 Å². The van der Waals surface area contributed by atoms with Gasteiger partial charge >= 0.3 is 0 Å². The number of hydrogen-bond donors (Lipinski definition) is 0. The molecule has 5 nitrogen and oxygen atoms in total. The Morgan fingerprint density at radius 2 is 1.83 bits per heavy atom. The number of carbonyl (C=O) groups excluding carboxylic acids is 1. The molecular formula is C18H24BrN3O2. The van der Waals surface area contributed by atoms with Gasteiger partial charge < -0.3 is 4.90 Å². The van der Waals surface area contributed by atoms with Crippen molar-refractivity contribution < 1.29 is 4.79 Å². The van der Waals surface area contributed by atoms with Crippen LogP contribution >= 0.6 is 15.9 Å². The van der Waals surface area contributed by atoms with E-state index in [0.717, 1.165) is 4.47 Å². The molecule has 0 aliphatic heterocycles. The summed E-state index contributed by atoms with van der Waals surface area (Å²) in [7, 11) is 0. The van der Waals surface area contributed by atoms with E-state index in [2.05, 4.69) is 48.6 Å². The van der Waals surface area contributed by atoms with Crippen molar-refractivity contribution in [3.63, 3.8) is 0 Å². The average molecular weight is 394 g/mol. The van der Waals surface area contributed by atoms with Crippen LogP contribution < -0.4 is 5.56 Å². The molecule has 0 bridgehead atoms. The lowest BCUT2D eigenvalue weighted by Gasteiger charge is -2.26. The third-order valence-corrected chi connectivity index (χ3v) is 4.11. The monoisotopic (exact) mass is 393 g/mol. The zero-order valence-electron chi connectivity index (χ0n) is 14.6. The Bertz CT molecular complexity index is 773. The second kappa shape index (κ2) is 7.92. The number of fused-ring (bicyclic) bond motifs is 1. The lowest BCUT2D eigenvalue weighted by molar-refractivity contribution is -0.133. The summed E-state index contributed by atoms with van der Waals surface area (Å²) < 4.78 is 2.21. The average Bonchev–Trinajstić information content (AvgIpc) is 2.49. The van der Waals surface area contributed by atoms with Crippen LogP contribution in [0.3, 0.4) is 0 Å². The minimum Gasteiger partial charge on any atom is -0.341 e. The van der Waals surface area contributed by atoms with Crippen molar-refractivity contribution in [2.75, 3.05) is 13.1 Å². The van der Waals surface area contributed by atoms with Crippen LogP contribution in [0.5, 0.6) is 0 Å². The third kappa shape index (κ3) is 4.66. The predicted octanol–water partition coefficient (Wildman–Crippen LogP) is 3.30. The van der Waals surface area contributed by atoms with Crippen molar-refractivity contribution in [3.8, 4) is 0 Å². The van der Waals surface area contributed by atoms with Gasteiger partial charge in [-0.2, -0.15) is 0 Å². The molecule has 0 unspecified atom stereocenters. The highest BCUT2D eigenvalue weighted by Crippen LogP contribution is 2.15. The molecule has 0 saturated carbocycles. The number of nitrogens with zero attached hydrogens (tertiary/aromatic N) is 3. The minimum absolute atomic E-state index is 0.0216. The lowest BCUT2D eigenvalue weighted by atomic mass is 10.1. The summed E-state index contributed by atoms with van der Waals surface area (Å²) in [6.45, 7) is 9.75. The molecule has 1 amide bonds. The van der Waals surface area contributed by atoms with E-state index in [1.807, 2.05) is 11.0 Å². The van der Waals surface area contributed by atoms with Crippen molar-refractivity contribution in [2.45, 2.75) is 34.2 Å². The summed E-state index contributed by atoms with van der Waals surface area (Å²) in [5.41, 5.74) is 0.441. The molecule has 24 heavy (non-hydrogen) atoms. The van der Waals surface area contributed by atoms with E-state index < -0.39 is 0 Å². The highest BCUT2D eigenvalue weighted by Gasteiger charge is 2.17. The number of halogens is 1. The fraction of sp³-hybridized carbons (Fsp3) is 0.500. The van der Waals surface area contributed by atoms with E-state index in [1.165, 1.54) is 10.9 Å². The first-order chi connectivity index (χ1) is 11.3. The van der Waals surface area contributed by atoms with E-state index >= 15 is 0 Å². The quantitative estimate of drug-likeness (QED) is 0.756. The summed E-state index contributed by atoms with van der Waals surface area (Å²) in [6.07, 6.45) is 1.46. The van der Waals surface area contributed by atoms with Crippen molar-refractivity contribution >= 4 is 32.7 Å². The highest BCUT2D eigenvalue weighted by molar-refractivity contribution is 9.10. The summed E-state index contributed by atoms with van der Waals surface area (Å²) in [5.74, 6) is 0.723. The molecule has 0 fully saturated rings. The number of aromatic nitrogens is 2. The number of rotatable bonds is 6. The lowest BCUT2D eigenvalue weighted by Crippen LogP contribution is -2.40. The molecular weight excluding hydrogens is 370 g/mol. The molecule has 1 heterocycles. The van der Waals surface area contributed by atoms with Crippen molar-refractivity contribution in [2.24, 2.45) is 11.8 Å². The van der Waals surface area contributed by atoms with E-state index in [9.17, 15) is 9.59 Å². The molecule has 2 aromatic rings. The van der Waals surface area contributed by atoms with Crippen LogP contribution in [-0.4, -0.2) is 33.4 Å². The summed E-state index contributed by atoms with van der Waals surface area (Å²) in [6, 6.07) is 5.37. The van der Waals surface area contributed by atoms with Crippen LogP contribution in [0.15, 0.2) is 33.8 Å². The largest absolute Gasteiger partial charge is 0.341 e. The summed E-state index contributed by atoms with van der Waals surface area (Å²) >= 11 is 3.37. The van der Waals surface area contributed by atoms with E-state index in [-0.39, 0.29) is 18.0 Å². The fourth-order valence-electron chi connectivity index (χ4n) is 2.65. The number of amides is 1. The molecule has 0 aliphatic rings. The maximum atomic E-state index is 12.7. The molecule has 0 atom stereocenters. The summed E-state index contributed by atoms with van der Waals surface area (Å²) in [4.78, 5) is 31.4. The fourth-order valence-corrected chi connectivity index (χ4v) is 3.01. The van der Waals surface area contributed by atoms with Gasteiger partial charge in [0.05, 0.1) is 17.2 Å². The Labute approximate surface area is 150 Å². The van der Waals surface area contributed by atoms with Gasteiger partial charge in [0.2, 0.25) is 5.91 Å². The SMILES string of the molecule is CC(C)CN(CC(C)C)C(=O)Cn1cnc2ccc(Br)cc2c1=O. The molecule has 0 radical (unpaired) electrons. The predicted molar refractivity (Wildman–Crippen MR) is 100.0 cm³/mol. The van der Waals surface area contributed by atoms with Crippen LogP contribution in [0.4, 0.5) is 0 Å². The van der Waals surface area contributed by atoms with Crippen LogP contribution in [0, 0.1) is 11.8 Å². The Morgan fingerprint density at radius 1 is 1.21 bits per heavy atom. The second-order valence-electron chi connectivity index (χ2n) is 6.93. The maximum Gasteiger partial charge on any atom is 0.261 e. The van der Waals surface area contributed by atoms with E-state index in [0.29, 0.717) is 35.8 Å². The Hall–Kier alpha value is -1.69. The van der Waals surface area contributed by atoms with Crippen molar-refractivity contribution in [1.29, 1.82) is 0 Å². The van der Waals surface area contributed by atoms with Crippen LogP contribution in [-0.2, 0) is 11.3 Å². The van der Waals surface area contributed by atoms with Gasteiger partial charge in [-0.05, 0) is 30.0 Å². The Morgan fingerprint density at radius 3 is 2.42 bits per heavy atom. The van der Waals surface area contributed by atoms with Gasteiger partial charge in [-0.15, -0.1) is 0 Å². The molecule has 6 heteroatoms. The van der Waals surface area contributed by atoms with E-state index in [1.54, 1.807) is 12.1 Å². The maximum absolute atomic E-state index is 12.7. The topological polar surface area (TPSA) is 55.2 Å². The molecule has 2 rings (SSSR count). The van der Waals surface area contributed by atoms with Crippen LogP contribution in [0.2, 0.25) is 0 Å². The Kier molecular flexibility index (Phi) is 6.15. The molecule has 1 aromatic heterocycles. The number of hydrogen-bond acceptors (Lipinski definition) is 3. The van der Waals surface area contributed by atoms with E-state index in [4.69, 9.17) is 0 Å². The van der Waals surface area contributed by atoms with Gasteiger partial charge in [0.25, 0.3) is 5.56 Å². The Balaban J connectivity index is 2.28. The molecule has 0 saturated heterocycles. The van der Waals surface area contributed by atoms with Gasteiger partial charge in [0.1, 0.15) is 6.54 Å². The third-order valence-electron chi connectivity index (χ3n) is 3.62. The first kappa shape index (κ1) is 18.6. The van der Waals surface area contributed by atoms with Gasteiger partial charge in [-0.3, -0.25) is 14.2 Å². The molecule has 0 N–H and O–H groups in total. The highest BCUT2D eigenvalue weighted by atomic mass is 79.9. The normalized spacial score (nSPS) is 11.5. The minimum atomic E-state index is -0.191. The second-order valence-corrected chi connectivity index (χ2v) is 7.84. The number of carbonyl (C=O) groups is 1. The van der Waals surface area contributed by atoms with Gasteiger partial charge in [-0.25, -0.2) is 4.98 Å². The zero-order chi connectivity index (χ0) is 17.9. The smallest absolute Gasteiger partial charge is 0.261 e. The first-order valence-corrected chi connectivity index (χ1v) is 8.99. The van der Waals surface area contributed by atoms with Crippen molar-refractivity contribution in [1.82, 2.24) is 14.5 Å².